The predicted octanol–water partition coefficient (Wildman–Crippen LogP) is 4.57. The van der Waals surface area contributed by atoms with E-state index in [1.54, 1.807) is 0 Å². The first-order chi connectivity index (χ1) is 7.07. The van der Waals surface area contributed by atoms with Crippen LogP contribution in [0.3, 0.4) is 0 Å². The molecule has 0 unspecified atom stereocenters. The van der Waals surface area contributed by atoms with Gasteiger partial charge in [-0.1, -0.05) is 34.1 Å². The molecule has 98 valence electrons. The summed E-state index contributed by atoms with van der Waals surface area (Å²) in [4.78, 5) is 2.45. The summed E-state index contributed by atoms with van der Waals surface area (Å²) in [5.74, 6) is 0.785. The van der Waals surface area contributed by atoms with E-state index in [4.69, 9.17) is 0 Å². The molecule has 0 spiro atoms. The summed E-state index contributed by atoms with van der Waals surface area (Å²) in [5.41, 5.74) is 0.813. The maximum atomic E-state index is 2.45. The molecule has 0 bridgehead atoms. The zero-order chi connectivity index (χ0) is 13.0. The molecule has 0 rings (SSSR count). The second-order valence-corrected chi connectivity index (χ2v) is 7.19. The van der Waals surface area contributed by atoms with Crippen LogP contribution >= 0.6 is 0 Å². The standard InChI is InChI=1S/C15H33N/c1-13(2)15(6,7)11-9-10-12-16(8)14(3,4)5/h13H,9-12H2,1-8H3. The quantitative estimate of drug-likeness (QED) is 0.601. The zero-order valence-corrected chi connectivity index (χ0v) is 12.9. The molecule has 0 saturated heterocycles. The van der Waals surface area contributed by atoms with Crippen LogP contribution in [0.15, 0.2) is 0 Å². The smallest absolute Gasteiger partial charge is 0.0122 e. The fraction of sp³-hybridized carbons (Fsp3) is 1.00. The molecule has 1 nitrogen and oxygen atoms in total. The third kappa shape index (κ3) is 5.89. The topological polar surface area (TPSA) is 3.24 Å². The maximum Gasteiger partial charge on any atom is 0.0122 e. The Morgan fingerprint density at radius 3 is 1.81 bits per heavy atom. The van der Waals surface area contributed by atoms with E-state index in [1.165, 1.54) is 25.8 Å². The monoisotopic (exact) mass is 227 g/mol. The van der Waals surface area contributed by atoms with Crippen molar-refractivity contribution in [2.24, 2.45) is 11.3 Å². The Kier molecular flexibility index (Phi) is 6.03. The fourth-order valence-electron chi connectivity index (χ4n) is 1.55. The molecule has 0 radical (unpaired) electrons. The molecule has 0 aliphatic rings. The minimum atomic E-state index is 0.313. The van der Waals surface area contributed by atoms with Gasteiger partial charge < -0.3 is 4.90 Å². The lowest BCUT2D eigenvalue weighted by atomic mass is 9.77. The van der Waals surface area contributed by atoms with Gasteiger partial charge in [0.1, 0.15) is 0 Å². The maximum absolute atomic E-state index is 2.45. The van der Waals surface area contributed by atoms with Crippen LogP contribution in [0.2, 0.25) is 0 Å². The molecule has 0 fully saturated rings. The van der Waals surface area contributed by atoms with Crippen LogP contribution in [0.25, 0.3) is 0 Å². The average molecular weight is 227 g/mol. The molecule has 0 aromatic rings. The fourth-order valence-corrected chi connectivity index (χ4v) is 1.55. The Morgan fingerprint density at radius 2 is 1.44 bits per heavy atom. The van der Waals surface area contributed by atoms with Gasteiger partial charge in [-0.2, -0.15) is 0 Å². The van der Waals surface area contributed by atoms with Crippen molar-refractivity contribution in [3.05, 3.63) is 0 Å². The Labute approximate surface area is 104 Å². The van der Waals surface area contributed by atoms with Crippen molar-refractivity contribution in [1.29, 1.82) is 0 Å². The van der Waals surface area contributed by atoms with Gasteiger partial charge in [0, 0.05) is 5.54 Å². The average Bonchev–Trinajstić information content (AvgIpc) is 2.10. The Balaban J connectivity index is 3.77. The van der Waals surface area contributed by atoms with E-state index in [0.717, 1.165) is 5.92 Å². The number of rotatable bonds is 6. The molecule has 0 heterocycles. The van der Waals surface area contributed by atoms with Crippen LogP contribution in [0.1, 0.15) is 67.7 Å². The molecule has 16 heavy (non-hydrogen) atoms. The van der Waals surface area contributed by atoms with Crippen molar-refractivity contribution < 1.29 is 0 Å². The van der Waals surface area contributed by atoms with Crippen LogP contribution in [0.4, 0.5) is 0 Å². The van der Waals surface area contributed by atoms with E-state index in [1.807, 2.05) is 0 Å². The molecule has 0 aliphatic carbocycles. The van der Waals surface area contributed by atoms with Gasteiger partial charge >= 0.3 is 0 Å². The molecule has 0 atom stereocenters. The lowest BCUT2D eigenvalue weighted by Gasteiger charge is -2.33. The molecule has 0 N–H and O–H groups in total. The number of hydrogen-bond donors (Lipinski definition) is 0. The summed E-state index contributed by atoms with van der Waals surface area (Å²) in [6.07, 6.45) is 4.03. The normalized spacial score (nSPS) is 13.9. The highest BCUT2D eigenvalue weighted by Crippen LogP contribution is 2.31. The summed E-state index contributed by atoms with van der Waals surface area (Å²) in [7, 11) is 2.23. The molecule has 0 saturated carbocycles. The van der Waals surface area contributed by atoms with E-state index < -0.39 is 0 Å². The highest BCUT2D eigenvalue weighted by molar-refractivity contribution is 4.75. The lowest BCUT2D eigenvalue weighted by molar-refractivity contribution is 0.164. The summed E-state index contributed by atoms with van der Waals surface area (Å²) < 4.78 is 0. The third-order valence-corrected chi connectivity index (χ3v) is 4.27. The highest BCUT2D eigenvalue weighted by Gasteiger charge is 2.22. The Hall–Kier alpha value is -0.0400. The van der Waals surface area contributed by atoms with Crippen LogP contribution < -0.4 is 0 Å². The SMILES string of the molecule is CC(C)C(C)(C)CCCCN(C)C(C)(C)C. The minimum Gasteiger partial charge on any atom is -0.302 e. The van der Waals surface area contributed by atoms with Crippen molar-refractivity contribution in [2.45, 2.75) is 73.3 Å². The highest BCUT2D eigenvalue weighted by atomic mass is 15.1. The molecule has 0 aliphatic heterocycles. The molecule has 0 amide bonds. The van der Waals surface area contributed by atoms with Gasteiger partial charge in [0.05, 0.1) is 0 Å². The first kappa shape index (κ1) is 16.0. The Bertz CT molecular complexity index is 186. The van der Waals surface area contributed by atoms with Crippen LogP contribution in [0, 0.1) is 11.3 Å². The summed E-state index contributed by atoms with van der Waals surface area (Å²) in [6, 6.07) is 0. The number of hydrogen-bond acceptors (Lipinski definition) is 1. The first-order valence-electron chi connectivity index (χ1n) is 6.78. The molecular formula is C15H33N. The largest absolute Gasteiger partial charge is 0.302 e. The summed E-state index contributed by atoms with van der Waals surface area (Å²) in [6.45, 7) is 17.5. The van der Waals surface area contributed by atoms with Crippen molar-refractivity contribution >= 4 is 0 Å². The second-order valence-electron chi connectivity index (χ2n) is 7.19. The van der Waals surface area contributed by atoms with E-state index in [-0.39, 0.29) is 0 Å². The van der Waals surface area contributed by atoms with Gasteiger partial charge in [-0.3, -0.25) is 0 Å². The molecule has 0 aromatic heterocycles. The number of nitrogens with zero attached hydrogens (tertiary/aromatic N) is 1. The van der Waals surface area contributed by atoms with Crippen molar-refractivity contribution in [3.63, 3.8) is 0 Å². The van der Waals surface area contributed by atoms with Gasteiger partial charge in [0.2, 0.25) is 0 Å². The van der Waals surface area contributed by atoms with Crippen LogP contribution in [-0.2, 0) is 0 Å². The van der Waals surface area contributed by atoms with Crippen molar-refractivity contribution in [1.82, 2.24) is 4.90 Å². The summed E-state index contributed by atoms with van der Waals surface area (Å²) >= 11 is 0. The minimum absolute atomic E-state index is 0.313. The molecule has 1 heteroatoms. The summed E-state index contributed by atoms with van der Waals surface area (Å²) in [5, 5.41) is 0. The van der Waals surface area contributed by atoms with E-state index in [9.17, 15) is 0 Å². The van der Waals surface area contributed by atoms with Crippen LogP contribution in [-0.4, -0.2) is 24.0 Å². The molecular weight excluding hydrogens is 194 g/mol. The third-order valence-electron chi connectivity index (χ3n) is 4.27. The van der Waals surface area contributed by atoms with E-state index in [0.29, 0.717) is 11.0 Å². The Morgan fingerprint density at radius 1 is 0.938 bits per heavy atom. The lowest BCUT2D eigenvalue weighted by Crippen LogP contribution is -2.38. The van der Waals surface area contributed by atoms with Crippen LogP contribution in [0.5, 0.6) is 0 Å². The van der Waals surface area contributed by atoms with Gasteiger partial charge in [-0.05, 0) is 58.5 Å². The van der Waals surface area contributed by atoms with Gasteiger partial charge in [0.15, 0.2) is 0 Å². The molecule has 0 aromatic carbocycles. The van der Waals surface area contributed by atoms with Crippen molar-refractivity contribution in [2.75, 3.05) is 13.6 Å². The van der Waals surface area contributed by atoms with E-state index in [2.05, 4.69) is 60.4 Å². The van der Waals surface area contributed by atoms with Crippen molar-refractivity contribution in [3.8, 4) is 0 Å². The predicted molar refractivity (Wildman–Crippen MR) is 74.9 cm³/mol. The first-order valence-corrected chi connectivity index (χ1v) is 6.78. The van der Waals surface area contributed by atoms with Gasteiger partial charge in [-0.15, -0.1) is 0 Å². The van der Waals surface area contributed by atoms with E-state index >= 15 is 0 Å². The second kappa shape index (κ2) is 6.05. The van der Waals surface area contributed by atoms with Gasteiger partial charge in [-0.25, -0.2) is 0 Å². The zero-order valence-electron chi connectivity index (χ0n) is 12.9. The number of unbranched alkanes of at least 4 members (excludes halogenated alkanes) is 1. The van der Waals surface area contributed by atoms with Gasteiger partial charge in [0.25, 0.3) is 0 Å².